The first-order valence-electron chi connectivity index (χ1n) is 10.1. The second-order valence-corrected chi connectivity index (χ2v) is 7.12. The van der Waals surface area contributed by atoms with Gasteiger partial charge in [0.1, 0.15) is 5.82 Å². The number of aromatic nitrogens is 2. The highest BCUT2D eigenvalue weighted by atomic mass is 19.1. The quantitative estimate of drug-likeness (QED) is 0.649. The molecule has 1 aromatic heterocycles. The number of carbonyl (C=O) groups excluding carboxylic acids is 1. The average Bonchev–Trinajstić information content (AvgIpc) is 3.15. The molecule has 6 nitrogen and oxygen atoms in total. The molecular weight excluding hydrogens is 385 g/mol. The Kier molecular flexibility index (Phi) is 5.70. The fourth-order valence-electron chi connectivity index (χ4n) is 3.79. The molecule has 1 heterocycles. The van der Waals surface area contributed by atoms with E-state index in [1.165, 1.54) is 12.1 Å². The maximum absolute atomic E-state index is 13.3. The first kappa shape index (κ1) is 19.9. The number of carbonyl (C=O) groups is 1. The van der Waals surface area contributed by atoms with Gasteiger partial charge in [-0.1, -0.05) is 0 Å². The maximum Gasteiger partial charge on any atom is 0.276 e. The van der Waals surface area contributed by atoms with Gasteiger partial charge in [-0.15, -0.1) is 0 Å². The number of nitrogens with zero attached hydrogens (tertiary/aromatic N) is 2. The Balaban J connectivity index is 1.65. The van der Waals surface area contributed by atoms with Crippen molar-refractivity contribution in [1.29, 1.82) is 0 Å². The third kappa shape index (κ3) is 3.87. The Bertz CT molecular complexity index is 1060. The van der Waals surface area contributed by atoms with Crippen molar-refractivity contribution in [2.45, 2.75) is 32.6 Å². The largest absolute Gasteiger partial charge is 0.493 e. The predicted molar refractivity (Wildman–Crippen MR) is 112 cm³/mol. The van der Waals surface area contributed by atoms with Gasteiger partial charge in [0, 0.05) is 23.0 Å². The summed E-state index contributed by atoms with van der Waals surface area (Å²) in [7, 11) is 1.56. The van der Waals surface area contributed by atoms with E-state index < -0.39 is 0 Å². The van der Waals surface area contributed by atoms with Gasteiger partial charge in [0.05, 0.1) is 19.4 Å². The van der Waals surface area contributed by atoms with Crippen molar-refractivity contribution in [1.82, 2.24) is 9.78 Å². The number of halogens is 1. The van der Waals surface area contributed by atoms with Crippen LogP contribution >= 0.6 is 0 Å². The van der Waals surface area contributed by atoms with Gasteiger partial charge in [-0.3, -0.25) is 4.79 Å². The minimum atomic E-state index is -0.304. The summed E-state index contributed by atoms with van der Waals surface area (Å²) in [4.78, 5) is 13.1. The molecule has 1 N–H and O–H groups in total. The molecule has 0 fully saturated rings. The lowest BCUT2D eigenvalue weighted by Gasteiger charge is -2.14. The van der Waals surface area contributed by atoms with Crippen LogP contribution < -0.4 is 14.8 Å². The van der Waals surface area contributed by atoms with Crippen molar-refractivity contribution in [2.75, 3.05) is 19.0 Å². The molecule has 0 aliphatic heterocycles. The molecule has 1 aliphatic carbocycles. The molecule has 0 atom stereocenters. The third-order valence-electron chi connectivity index (χ3n) is 5.19. The van der Waals surface area contributed by atoms with Crippen LogP contribution in [0.5, 0.6) is 11.5 Å². The molecule has 1 amide bonds. The molecule has 1 aliphatic rings. The standard InChI is InChI=1S/C23H24FN3O3/c1-3-30-20-13-10-16(14-21(20)29-2)25-23(28)22-18-6-4-5-7-19(18)27(26-22)17-11-8-15(24)9-12-17/h8-14H,3-7H2,1-2H3,(H,25,28). The van der Waals surface area contributed by atoms with E-state index in [1.54, 1.807) is 42.1 Å². The molecule has 3 aromatic rings. The average molecular weight is 409 g/mol. The molecule has 0 saturated heterocycles. The summed E-state index contributed by atoms with van der Waals surface area (Å²) in [5.41, 5.74) is 3.72. The Morgan fingerprint density at radius 3 is 2.63 bits per heavy atom. The summed E-state index contributed by atoms with van der Waals surface area (Å²) in [5.74, 6) is 0.590. The number of methoxy groups -OCH3 is 1. The van der Waals surface area contributed by atoms with Gasteiger partial charge in [0.15, 0.2) is 17.2 Å². The Hall–Kier alpha value is -3.35. The number of hydrogen-bond donors (Lipinski definition) is 1. The van der Waals surface area contributed by atoms with Crippen LogP contribution in [0.15, 0.2) is 42.5 Å². The highest BCUT2D eigenvalue weighted by Crippen LogP contribution is 2.31. The number of fused-ring (bicyclic) bond motifs is 1. The van der Waals surface area contributed by atoms with Crippen molar-refractivity contribution in [3.05, 3.63) is 65.2 Å². The van der Waals surface area contributed by atoms with E-state index in [2.05, 4.69) is 10.4 Å². The zero-order chi connectivity index (χ0) is 21.1. The minimum Gasteiger partial charge on any atom is -0.493 e. The topological polar surface area (TPSA) is 65.4 Å². The number of anilines is 1. The van der Waals surface area contributed by atoms with Gasteiger partial charge >= 0.3 is 0 Å². The third-order valence-corrected chi connectivity index (χ3v) is 5.19. The van der Waals surface area contributed by atoms with Crippen LogP contribution in [-0.2, 0) is 12.8 Å². The second kappa shape index (κ2) is 8.57. The summed E-state index contributed by atoms with van der Waals surface area (Å²) in [6, 6.07) is 11.4. The molecule has 0 radical (unpaired) electrons. The van der Waals surface area contributed by atoms with E-state index in [-0.39, 0.29) is 11.7 Å². The second-order valence-electron chi connectivity index (χ2n) is 7.12. The summed E-state index contributed by atoms with van der Waals surface area (Å²) in [6.45, 7) is 2.42. The van der Waals surface area contributed by atoms with E-state index in [1.807, 2.05) is 6.92 Å². The van der Waals surface area contributed by atoms with Gasteiger partial charge < -0.3 is 14.8 Å². The number of nitrogens with one attached hydrogen (secondary N) is 1. The molecule has 7 heteroatoms. The summed E-state index contributed by atoms with van der Waals surface area (Å²) >= 11 is 0. The van der Waals surface area contributed by atoms with Crippen LogP contribution in [0.25, 0.3) is 5.69 Å². The Labute approximate surface area is 174 Å². The molecule has 4 rings (SSSR count). The molecule has 30 heavy (non-hydrogen) atoms. The molecule has 156 valence electrons. The highest BCUT2D eigenvalue weighted by Gasteiger charge is 2.26. The van der Waals surface area contributed by atoms with Gasteiger partial charge in [-0.2, -0.15) is 5.10 Å². The van der Waals surface area contributed by atoms with Crippen LogP contribution in [0.2, 0.25) is 0 Å². The molecular formula is C23H24FN3O3. The maximum atomic E-state index is 13.3. The molecule has 0 unspecified atom stereocenters. The molecule has 2 aromatic carbocycles. The SMILES string of the molecule is CCOc1ccc(NC(=O)c2nn(-c3ccc(F)cc3)c3c2CCCC3)cc1OC. The van der Waals surface area contributed by atoms with Crippen LogP contribution in [0.3, 0.4) is 0 Å². The van der Waals surface area contributed by atoms with E-state index >= 15 is 0 Å². The van der Waals surface area contributed by atoms with E-state index in [0.29, 0.717) is 29.5 Å². The molecule has 0 saturated carbocycles. The fraction of sp³-hybridized carbons (Fsp3) is 0.304. The van der Waals surface area contributed by atoms with Crippen LogP contribution in [0, 0.1) is 5.82 Å². The van der Waals surface area contributed by atoms with Crippen molar-refractivity contribution in [3.63, 3.8) is 0 Å². The first-order chi connectivity index (χ1) is 14.6. The van der Waals surface area contributed by atoms with Crippen LogP contribution in [0.1, 0.15) is 41.5 Å². The number of ether oxygens (including phenoxy) is 2. The lowest BCUT2D eigenvalue weighted by Crippen LogP contribution is -2.15. The van der Waals surface area contributed by atoms with Crippen LogP contribution in [-0.4, -0.2) is 29.4 Å². The monoisotopic (exact) mass is 409 g/mol. The Morgan fingerprint density at radius 1 is 1.13 bits per heavy atom. The zero-order valence-electron chi connectivity index (χ0n) is 17.1. The number of amides is 1. The van der Waals surface area contributed by atoms with Crippen molar-refractivity contribution in [2.24, 2.45) is 0 Å². The minimum absolute atomic E-state index is 0.278. The van der Waals surface area contributed by atoms with E-state index in [4.69, 9.17) is 9.47 Å². The van der Waals surface area contributed by atoms with Gasteiger partial charge in [-0.25, -0.2) is 9.07 Å². The van der Waals surface area contributed by atoms with Crippen molar-refractivity contribution in [3.8, 4) is 17.2 Å². The van der Waals surface area contributed by atoms with Gasteiger partial charge in [-0.05, 0) is 69.0 Å². The number of hydrogen-bond acceptors (Lipinski definition) is 4. The first-order valence-corrected chi connectivity index (χ1v) is 10.1. The smallest absolute Gasteiger partial charge is 0.276 e. The molecule has 0 bridgehead atoms. The highest BCUT2D eigenvalue weighted by molar-refractivity contribution is 6.04. The zero-order valence-corrected chi connectivity index (χ0v) is 17.1. The van der Waals surface area contributed by atoms with Crippen molar-refractivity contribution < 1.29 is 18.7 Å². The predicted octanol–water partition coefficient (Wildman–Crippen LogP) is 4.55. The number of rotatable bonds is 6. The van der Waals surface area contributed by atoms with Crippen molar-refractivity contribution >= 4 is 11.6 Å². The molecule has 0 spiro atoms. The van der Waals surface area contributed by atoms with Gasteiger partial charge in [0.25, 0.3) is 5.91 Å². The Morgan fingerprint density at radius 2 is 1.90 bits per heavy atom. The lowest BCUT2D eigenvalue weighted by atomic mass is 9.95. The lowest BCUT2D eigenvalue weighted by molar-refractivity contribution is 0.102. The number of benzene rings is 2. The normalized spacial score (nSPS) is 12.9. The summed E-state index contributed by atoms with van der Waals surface area (Å²) in [5, 5.41) is 7.52. The fourth-order valence-corrected chi connectivity index (χ4v) is 3.79. The summed E-state index contributed by atoms with van der Waals surface area (Å²) in [6.07, 6.45) is 3.69. The van der Waals surface area contributed by atoms with Gasteiger partial charge in [0.2, 0.25) is 0 Å². The van der Waals surface area contributed by atoms with Crippen LogP contribution in [0.4, 0.5) is 10.1 Å². The van der Waals surface area contributed by atoms with E-state index in [0.717, 1.165) is 42.6 Å². The van der Waals surface area contributed by atoms with E-state index in [9.17, 15) is 9.18 Å². The summed E-state index contributed by atoms with van der Waals surface area (Å²) < 4.78 is 26.0.